The minimum absolute atomic E-state index is 0.00325. The predicted molar refractivity (Wildman–Crippen MR) is 110 cm³/mol. The first kappa shape index (κ1) is 18.2. The van der Waals surface area contributed by atoms with Crippen LogP contribution in [0.15, 0.2) is 59.1 Å². The van der Waals surface area contributed by atoms with E-state index >= 15 is 0 Å². The SMILES string of the molecule is COc1ccc(O)c(NC(=S)NC(=O)c2cccc3c(Br)cccc23)c1. The maximum absolute atomic E-state index is 12.6. The van der Waals surface area contributed by atoms with Crippen LogP contribution in [0.2, 0.25) is 0 Å². The molecule has 0 aliphatic heterocycles. The second-order valence-electron chi connectivity index (χ2n) is 5.43. The number of halogens is 1. The summed E-state index contributed by atoms with van der Waals surface area (Å²) in [5.74, 6) is 0.211. The van der Waals surface area contributed by atoms with Crippen LogP contribution < -0.4 is 15.4 Å². The van der Waals surface area contributed by atoms with E-state index in [2.05, 4.69) is 26.6 Å². The highest BCUT2D eigenvalue weighted by molar-refractivity contribution is 9.10. The second-order valence-corrected chi connectivity index (χ2v) is 6.69. The molecule has 7 heteroatoms. The molecule has 0 saturated carbocycles. The van der Waals surface area contributed by atoms with Crippen molar-refractivity contribution in [1.82, 2.24) is 5.32 Å². The summed E-state index contributed by atoms with van der Waals surface area (Å²) >= 11 is 8.68. The smallest absolute Gasteiger partial charge is 0.258 e. The first-order valence-corrected chi connectivity index (χ1v) is 8.86. The number of hydrogen-bond acceptors (Lipinski definition) is 4. The van der Waals surface area contributed by atoms with Gasteiger partial charge in [-0.25, -0.2) is 0 Å². The molecular weight excluding hydrogens is 416 g/mol. The van der Waals surface area contributed by atoms with Crippen LogP contribution in [0.25, 0.3) is 10.8 Å². The van der Waals surface area contributed by atoms with Crippen molar-refractivity contribution in [3.8, 4) is 11.5 Å². The average molecular weight is 431 g/mol. The Morgan fingerprint density at radius 1 is 1.12 bits per heavy atom. The van der Waals surface area contributed by atoms with Crippen molar-refractivity contribution in [3.05, 3.63) is 64.6 Å². The van der Waals surface area contributed by atoms with E-state index in [0.29, 0.717) is 17.0 Å². The molecule has 0 spiro atoms. The summed E-state index contributed by atoms with van der Waals surface area (Å²) in [6.45, 7) is 0. The molecule has 132 valence electrons. The molecule has 0 bridgehead atoms. The van der Waals surface area contributed by atoms with Gasteiger partial charge in [0.15, 0.2) is 5.11 Å². The fraction of sp³-hybridized carbons (Fsp3) is 0.0526. The number of aromatic hydroxyl groups is 1. The molecule has 1 amide bonds. The zero-order valence-corrected chi connectivity index (χ0v) is 16.1. The van der Waals surface area contributed by atoms with Gasteiger partial charge in [0.05, 0.1) is 12.8 Å². The van der Waals surface area contributed by atoms with Gasteiger partial charge in [0.1, 0.15) is 11.5 Å². The van der Waals surface area contributed by atoms with Crippen molar-refractivity contribution in [2.24, 2.45) is 0 Å². The van der Waals surface area contributed by atoms with Gasteiger partial charge in [-0.2, -0.15) is 0 Å². The highest BCUT2D eigenvalue weighted by Gasteiger charge is 2.13. The zero-order valence-electron chi connectivity index (χ0n) is 13.7. The lowest BCUT2D eigenvalue weighted by atomic mass is 10.0. The molecule has 3 N–H and O–H groups in total. The molecule has 0 aliphatic rings. The predicted octanol–water partition coefficient (Wildman–Crippen LogP) is 4.44. The van der Waals surface area contributed by atoms with Gasteiger partial charge in [-0.15, -0.1) is 0 Å². The van der Waals surface area contributed by atoms with Gasteiger partial charge in [-0.3, -0.25) is 10.1 Å². The number of anilines is 1. The number of nitrogens with one attached hydrogen (secondary N) is 2. The van der Waals surface area contributed by atoms with Crippen LogP contribution in [0.5, 0.6) is 11.5 Å². The minimum Gasteiger partial charge on any atom is -0.506 e. The van der Waals surface area contributed by atoms with Crippen molar-refractivity contribution in [1.29, 1.82) is 0 Å². The Bertz CT molecular complexity index is 1010. The maximum Gasteiger partial charge on any atom is 0.258 e. The number of thiocarbonyl (C=S) groups is 1. The third-order valence-electron chi connectivity index (χ3n) is 3.79. The molecule has 0 saturated heterocycles. The standard InChI is InChI=1S/C19H15BrN2O3S/c1-25-11-8-9-17(23)16(10-11)21-19(26)22-18(24)14-6-2-5-13-12(14)4-3-7-15(13)20/h2-10,23H,1H3,(H2,21,22,24,26). The number of methoxy groups -OCH3 is 1. The third kappa shape index (κ3) is 3.79. The Balaban J connectivity index is 1.80. The van der Waals surface area contributed by atoms with E-state index in [9.17, 15) is 9.90 Å². The van der Waals surface area contributed by atoms with Gasteiger partial charge >= 0.3 is 0 Å². The number of carbonyl (C=O) groups is 1. The van der Waals surface area contributed by atoms with Crippen LogP contribution in [-0.4, -0.2) is 23.2 Å². The quantitative estimate of drug-likeness (QED) is 0.423. The number of ether oxygens (including phenoxy) is 1. The van der Waals surface area contributed by atoms with Crippen molar-refractivity contribution in [3.63, 3.8) is 0 Å². The van der Waals surface area contributed by atoms with Gasteiger partial charge < -0.3 is 15.2 Å². The number of fused-ring (bicyclic) bond motifs is 1. The Hall–Kier alpha value is -2.64. The summed E-state index contributed by atoms with van der Waals surface area (Å²) in [5, 5.41) is 17.2. The van der Waals surface area contributed by atoms with E-state index in [-0.39, 0.29) is 16.8 Å². The number of phenols is 1. The minimum atomic E-state index is -0.339. The van der Waals surface area contributed by atoms with E-state index in [1.807, 2.05) is 30.3 Å². The molecule has 5 nitrogen and oxygen atoms in total. The second kappa shape index (κ2) is 7.72. The fourth-order valence-corrected chi connectivity index (χ4v) is 3.24. The van der Waals surface area contributed by atoms with E-state index < -0.39 is 0 Å². The summed E-state index contributed by atoms with van der Waals surface area (Å²) in [5.41, 5.74) is 0.845. The largest absolute Gasteiger partial charge is 0.506 e. The van der Waals surface area contributed by atoms with Crippen LogP contribution in [0, 0.1) is 0 Å². The van der Waals surface area contributed by atoms with Gasteiger partial charge in [0.2, 0.25) is 0 Å². The average Bonchev–Trinajstić information content (AvgIpc) is 2.63. The molecule has 3 aromatic rings. The lowest BCUT2D eigenvalue weighted by molar-refractivity contribution is 0.0979. The molecule has 0 unspecified atom stereocenters. The van der Waals surface area contributed by atoms with Gasteiger partial charge in [-0.1, -0.05) is 40.2 Å². The lowest BCUT2D eigenvalue weighted by Gasteiger charge is -2.13. The number of phenolic OH excluding ortho intramolecular Hbond substituents is 1. The first-order valence-electron chi connectivity index (χ1n) is 7.66. The van der Waals surface area contributed by atoms with Crippen LogP contribution in [0.4, 0.5) is 5.69 Å². The van der Waals surface area contributed by atoms with Crippen LogP contribution >= 0.6 is 28.1 Å². The molecule has 0 radical (unpaired) electrons. The Kier molecular flexibility index (Phi) is 5.39. The topological polar surface area (TPSA) is 70.6 Å². The number of amides is 1. The van der Waals surface area contributed by atoms with E-state index in [1.165, 1.54) is 13.2 Å². The zero-order chi connectivity index (χ0) is 18.7. The number of carbonyl (C=O) groups excluding carboxylic acids is 1. The number of rotatable bonds is 3. The summed E-state index contributed by atoms with van der Waals surface area (Å²) in [6, 6.07) is 15.8. The van der Waals surface area contributed by atoms with Crippen LogP contribution in [-0.2, 0) is 0 Å². The summed E-state index contributed by atoms with van der Waals surface area (Å²) < 4.78 is 6.02. The van der Waals surface area contributed by atoms with Gasteiger partial charge in [0, 0.05) is 16.1 Å². The lowest BCUT2D eigenvalue weighted by Crippen LogP contribution is -2.34. The van der Waals surface area contributed by atoms with Crippen LogP contribution in [0.3, 0.4) is 0 Å². The monoisotopic (exact) mass is 430 g/mol. The molecular formula is C19H15BrN2O3S. The van der Waals surface area contributed by atoms with E-state index in [4.69, 9.17) is 17.0 Å². The Labute approximate surface area is 164 Å². The van der Waals surface area contributed by atoms with Crippen molar-refractivity contribution in [2.45, 2.75) is 0 Å². The first-order chi connectivity index (χ1) is 12.5. The molecule has 0 aromatic heterocycles. The van der Waals surface area contributed by atoms with Crippen LogP contribution in [0.1, 0.15) is 10.4 Å². The van der Waals surface area contributed by atoms with Gasteiger partial charge in [-0.05, 0) is 47.3 Å². The van der Waals surface area contributed by atoms with E-state index in [1.54, 1.807) is 18.2 Å². The van der Waals surface area contributed by atoms with E-state index in [0.717, 1.165) is 15.2 Å². The molecule has 0 heterocycles. The number of benzene rings is 3. The van der Waals surface area contributed by atoms with Crippen molar-refractivity contribution < 1.29 is 14.6 Å². The Morgan fingerprint density at radius 3 is 2.62 bits per heavy atom. The summed E-state index contributed by atoms with van der Waals surface area (Å²) in [6.07, 6.45) is 0. The molecule has 3 aromatic carbocycles. The highest BCUT2D eigenvalue weighted by atomic mass is 79.9. The normalized spacial score (nSPS) is 10.4. The third-order valence-corrected chi connectivity index (χ3v) is 4.69. The highest BCUT2D eigenvalue weighted by Crippen LogP contribution is 2.28. The van der Waals surface area contributed by atoms with Crippen molar-refractivity contribution >= 4 is 55.6 Å². The molecule has 0 fully saturated rings. The molecule has 26 heavy (non-hydrogen) atoms. The Morgan fingerprint density at radius 2 is 1.85 bits per heavy atom. The summed E-state index contributed by atoms with van der Waals surface area (Å²) in [7, 11) is 1.52. The molecule has 0 atom stereocenters. The maximum atomic E-state index is 12.6. The van der Waals surface area contributed by atoms with Gasteiger partial charge in [0.25, 0.3) is 5.91 Å². The summed E-state index contributed by atoms with van der Waals surface area (Å²) in [4.78, 5) is 12.6. The molecule has 0 aliphatic carbocycles. The van der Waals surface area contributed by atoms with Crippen molar-refractivity contribution in [2.75, 3.05) is 12.4 Å². The fourth-order valence-electron chi connectivity index (χ4n) is 2.54. The number of hydrogen-bond donors (Lipinski definition) is 3. The molecule has 3 rings (SSSR count).